The Balaban J connectivity index is 1.90. The highest BCUT2D eigenvalue weighted by Crippen LogP contribution is 2.40. The average molecular weight is 540 g/mol. The summed E-state index contributed by atoms with van der Waals surface area (Å²) < 4.78 is 82.7. The van der Waals surface area contributed by atoms with Crippen LogP contribution in [0.15, 0.2) is 18.2 Å². The van der Waals surface area contributed by atoms with Gasteiger partial charge in [-0.3, -0.25) is 9.48 Å². The quantitative estimate of drug-likeness (QED) is 0.362. The van der Waals surface area contributed by atoms with Crippen molar-refractivity contribution >= 4 is 17.5 Å². The molecule has 1 saturated carbocycles. The molecule has 12 heteroatoms. The number of aromatic nitrogens is 2. The Kier molecular flexibility index (Phi) is 8.84. The molecule has 0 unspecified atom stereocenters. The minimum absolute atomic E-state index is 0.00813. The molecule has 0 spiro atoms. The molecule has 1 aromatic heterocycles. The molecule has 3 rings (SSSR count). The Labute approximate surface area is 210 Å². The van der Waals surface area contributed by atoms with Gasteiger partial charge >= 0.3 is 12.5 Å². The second-order valence-corrected chi connectivity index (χ2v) is 9.53. The van der Waals surface area contributed by atoms with Crippen LogP contribution in [-0.4, -0.2) is 34.8 Å². The first-order valence-electron chi connectivity index (χ1n) is 11.8. The minimum atomic E-state index is -5.10. The molecule has 1 aliphatic rings. The monoisotopic (exact) mass is 539 g/mol. The van der Waals surface area contributed by atoms with Crippen molar-refractivity contribution in [3.05, 3.63) is 34.5 Å². The number of hydrogen-bond donors (Lipinski definition) is 1. The molecule has 5 nitrogen and oxygen atoms in total. The minimum Gasteiger partial charge on any atom is -0.405 e. The van der Waals surface area contributed by atoms with Crippen LogP contribution < -0.4 is 10.1 Å². The fraction of sp³-hybridized carbons (Fsp3) is 0.583. The van der Waals surface area contributed by atoms with E-state index in [0.29, 0.717) is 18.4 Å². The van der Waals surface area contributed by atoms with Gasteiger partial charge in [0.25, 0.3) is 5.91 Å². The van der Waals surface area contributed by atoms with E-state index in [9.17, 15) is 31.1 Å². The predicted octanol–water partition coefficient (Wildman–Crippen LogP) is 7.17. The zero-order valence-electron chi connectivity index (χ0n) is 19.9. The molecule has 1 N–H and O–H groups in total. The molecule has 1 amide bonds. The molecule has 0 aliphatic heterocycles. The Morgan fingerprint density at radius 1 is 1.17 bits per heavy atom. The average Bonchev–Trinajstić information content (AvgIpc) is 3.12. The van der Waals surface area contributed by atoms with E-state index >= 15 is 0 Å². The maximum atomic E-state index is 13.1. The van der Waals surface area contributed by atoms with Gasteiger partial charge < -0.3 is 10.1 Å². The van der Waals surface area contributed by atoms with E-state index in [0.717, 1.165) is 31.7 Å². The van der Waals surface area contributed by atoms with Crippen LogP contribution in [0, 0.1) is 11.8 Å². The van der Waals surface area contributed by atoms with Crippen molar-refractivity contribution in [1.82, 2.24) is 15.1 Å². The Bertz CT molecular complexity index is 1060. The molecule has 0 atom stereocenters. The third-order valence-electron chi connectivity index (χ3n) is 6.32. The van der Waals surface area contributed by atoms with Crippen LogP contribution in [0.2, 0.25) is 5.02 Å². The van der Waals surface area contributed by atoms with Gasteiger partial charge in [0.2, 0.25) is 0 Å². The highest BCUT2D eigenvalue weighted by atomic mass is 35.5. The van der Waals surface area contributed by atoms with Crippen molar-refractivity contribution in [2.75, 3.05) is 6.54 Å². The third-order valence-corrected chi connectivity index (χ3v) is 6.68. The lowest BCUT2D eigenvalue weighted by molar-refractivity contribution is -0.274. The molecule has 0 saturated heterocycles. The van der Waals surface area contributed by atoms with Gasteiger partial charge in [0.05, 0.1) is 10.7 Å². The van der Waals surface area contributed by atoms with E-state index in [4.69, 9.17) is 11.6 Å². The van der Waals surface area contributed by atoms with Gasteiger partial charge in [-0.1, -0.05) is 37.4 Å². The molecule has 200 valence electrons. The number of alkyl halides is 6. The topological polar surface area (TPSA) is 56.2 Å². The van der Waals surface area contributed by atoms with Gasteiger partial charge in [-0.05, 0) is 55.7 Å². The number of aryl methyl sites for hydroxylation is 2. The van der Waals surface area contributed by atoms with Crippen LogP contribution in [0.25, 0.3) is 11.3 Å². The van der Waals surface area contributed by atoms with Gasteiger partial charge in [0.1, 0.15) is 5.75 Å². The van der Waals surface area contributed by atoms with Crippen molar-refractivity contribution in [2.24, 2.45) is 11.8 Å². The first-order chi connectivity index (χ1) is 16.8. The van der Waals surface area contributed by atoms with Crippen LogP contribution in [0.4, 0.5) is 26.3 Å². The Hall–Kier alpha value is -2.43. The summed E-state index contributed by atoms with van der Waals surface area (Å²) in [7, 11) is 0. The number of halogens is 7. The number of nitrogens with zero attached hydrogens (tertiary/aromatic N) is 2. The maximum Gasteiger partial charge on any atom is 0.573 e. The van der Waals surface area contributed by atoms with Gasteiger partial charge in [0.15, 0.2) is 5.69 Å². The van der Waals surface area contributed by atoms with Crippen LogP contribution in [-0.2, 0) is 13.0 Å². The summed E-state index contributed by atoms with van der Waals surface area (Å²) in [6, 6.07) is 3.38. The van der Waals surface area contributed by atoms with Crippen LogP contribution in [0.5, 0.6) is 5.75 Å². The summed E-state index contributed by atoms with van der Waals surface area (Å²) in [6.45, 7) is 4.46. The van der Waals surface area contributed by atoms with E-state index in [2.05, 4.69) is 22.1 Å². The second-order valence-electron chi connectivity index (χ2n) is 9.16. The molecular weight excluding hydrogens is 512 g/mol. The Morgan fingerprint density at radius 3 is 2.42 bits per heavy atom. The number of carbonyl (C=O) groups excluding carboxylic acids is 1. The fourth-order valence-electron chi connectivity index (χ4n) is 4.34. The molecule has 1 heterocycles. The first-order valence-corrected chi connectivity index (χ1v) is 12.2. The first kappa shape index (κ1) is 28.1. The standard InChI is InChI=1S/C24H28ClF6N3O2/c1-3-34-21(19(25)20(33-34)22(35)32-13-16-6-4-14(2)5-7-16)17-9-8-15(10-11-23(26,27)28)12-18(17)36-24(29,30)31/h8-9,12,14,16H,3-7,10-11,13H2,1-2H3,(H,32,35). The summed E-state index contributed by atoms with van der Waals surface area (Å²) in [5, 5.41) is 6.85. The van der Waals surface area contributed by atoms with E-state index in [1.165, 1.54) is 16.8 Å². The molecule has 0 radical (unpaired) electrons. The normalized spacial score (nSPS) is 18.8. The molecule has 0 bridgehead atoms. The number of benzene rings is 1. The summed E-state index contributed by atoms with van der Waals surface area (Å²) in [5.41, 5.74) is -0.259. The van der Waals surface area contributed by atoms with Crippen molar-refractivity contribution in [1.29, 1.82) is 0 Å². The zero-order valence-corrected chi connectivity index (χ0v) is 20.7. The number of amides is 1. The maximum absolute atomic E-state index is 13.1. The molecule has 36 heavy (non-hydrogen) atoms. The molecule has 1 aromatic carbocycles. The lowest BCUT2D eigenvalue weighted by Gasteiger charge is -2.26. The predicted molar refractivity (Wildman–Crippen MR) is 123 cm³/mol. The van der Waals surface area contributed by atoms with Gasteiger partial charge in [-0.15, -0.1) is 13.2 Å². The van der Waals surface area contributed by atoms with E-state index in [1.54, 1.807) is 6.92 Å². The highest BCUT2D eigenvalue weighted by Gasteiger charge is 2.34. The van der Waals surface area contributed by atoms with E-state index in [1.807, 2.05) is 0 Å². The fourth-order valence-corrected chi connectivity index (χ4v) is 4.66. The summed E-state index contributed by atoms with van der Waals surface area (Å²) in [4.78, 5) is 12.8. The largest absolute Gasteiger partial charge is 0.573 e. The summed E-state index contributed by atoms with van der Waals surface area (Å²) >= 11 is 6.45. The number of nitrogens with one attached hydrogen (secondary N) is 1. The number of hydrogen-bond acceptors (Lipinski definition) is 3. The van der Waals surface area contributed by atoms with E-state index < -0.39 is 37.0 Å². The number of ether oxygens (including phenoxy) is 1. The molecule has 1 aliphatic carbocycles. The number of carbonyl (C=O) groups is 1. The van der Waals surface area contributed by atoms with Crippen molar-refractivity contribution in [3.63, 3.8) is 0 Å². The summed E-state index contributed by atoms with van der Waals surface area (Å²) in [5.74, 6) is -0.288. The molecule has 1 fully saturated rings. The van der Waals surface area contributed by atoms with Crippen LogP contribution in [0.3, 0.4) is 0 Å². The SMILES string of the molecule is CCn1nc(C(=O)NCC2CCC(C)CC2)c(Cl)c1-c1ccc(CCC(F)(F)F)cc1OC(F)(F)F. The third kappa shape index (κ3) is 7.54. The summed E-state index contributed by atoms with van der Waals surface area (Å²) in [6.07, 6.45) is -7.15. The van der Waals surface area contributed by atoms with E-state index in [-0.39, 0.29) is 34.1 Å². The number of rotatable bonds is 8. The second kappa shape index (κ2) is 11.3. The smallest absolute Gasteiger partial charge is 0.405 e. The van der Waals surface area contributed by atoms with Gasteiger partial charge in [0, 0.05) is 25.1 Å². The lowest BCUT2D eigenvalue weighted by atomic mass is 9.83. The van der Waals surface area contributed by atoms with Gasteiger partial charge in [-0.25, -0.2) is 0 Å². The van der Waals surface area contributed by atoms with Crippen molar-refractivity contribution in [3.8, 4) is 17.0 Å². The Morgan fingerprint density at radius 2 is 1.83 bits per heavy atom. The molecule has 2 aromatic rings. The van der Waals surface area contributed by atoms with Crippen molar-refractivity contribution in [2.45, 2.75) is 71.5 Å². The van der Waals surface area contributed by atoms with Gasteiger partial charge in [-0.2, -0.15) is 18.3 Å². The van der Waals surface area contributed by atoms with Crippen LogP contribution >= 0.6 is 11.6 Å². The lowest BCUT2D eigenvalue weighted by Crippen LogP contribution is -2.31. The van der Waals surface area contributed by atoms with Crippen molar-refractivity contribution < 1.29 is 35.9 Å². The molecular formula is C24H28ClF6N3O2. The highest BCUT2D eigenvalue weighted by molar-refractivity contribution is 6.36. The van der Waals surface area contributed by atoms with Crippen LogP contribution in [0.1, 0.15) is 62.0 Å². The zero-order chi connectivity index (χ0) is 26.7.